The molecule has 1 aliphatic carbocycles. The summed E-state index contributed by atoms with van der Waals surface area (Å²) in [6, 6.07) is 8.49. The number of benzene rings is 1. The summed E-state index contributed by atoms with van der Waals surface area (Å²) in [6.07, 6.45) is 2.14. The van der Waals surface area contributed by atoms with Crippen molar-refractivity contribution in [2.45, 2.75) is 24.3 Å². The molecule has 4 nitrogen and oxygen atoms in total. The molecule has 2 fully saturated rings. The molecule has 3 rings (SSSR count). The zero-order valence-electron chi connectivity index (χ0n) is 11.4. The van der Waals surface area contributed by atoms with Crippen LogP contribution in [0.1, 0.15) is 18.4 Å². The zero-order chi connectivity index (χ0) is 14.8. The number of thioether (sulfide) groups is 1. The van der Waals surface area contributed by atoms with Crippen LogP contribution in [0, 0.1) is 17.8 Å². The van der Waals surface area contributed by atoms with Crippen molar-refractivity contribution in [3.8, 4) is 11.8 Å². The Hall–Kier alpha value is -1.93. The minimum atomic E-state index is -0.944. The van der Waals surface area contributed by atoms with E-state index in [0.717, 1.165) is 18.4 Å². The van der Waals surface area contributed by atoms with Gasteiger partial charge in [0.2, 0.25) is 0 Å². The first kappa shape index (κ1) is 14.0. The smallest absolute Gasteiger partial charge is 0.327 e. The fourth-order valence-electron chi connectivity index (χ4n) is 2.43. The number of carbonyl (C=O) groups excluding carboxylic acids is 1. The van der Waals surface area contributed by atoms with E-state index in [1.807, 2.05) is 30.3 Å². The average molecular weight is 301 g/mol. The Kier molecular flexibility index (Phi) is 3.89. The van der Waals surface area contributed by atoms with E-state index in [-0.39, 0.29) is 11.3 Å². The number of hydrogen-bond donors (Lipinski definition) is 1. The lowest BCUT2D eigenvalue weighted by molar-refractivity contribution is -0.147. The molecule has 1 saturated carbocycles. The van der Waals surface area contributed by atoms with Crippen LogP contribution in [0.25, 0.3) is 0 Å². The first-order chi connectivity index (χ1) is 10.2. The molecule has 0 bridgehead atoms. The number of aliphatic carboxylic acids is 1. The lowest BCUT2D eigenvalue weighted by Gasteiger charge is -2.25. The van der Waals surface area contributed by atoms with E-state index in [1.165, 1.54) is 4.90 Å². The number of carbonyl (C=O) groups is 2. The SMILES string of the molecule is O=C(O)C1CSC(C2CC2)N1C(=O)C#Cc1ccccc1. The topological polar surface area (TPSA) is 57.6 Å². The minimum absolute atomic E-state index is 0.0244. The van der Waals surface area contributed by atoms with Gasteiger partial charge in [-0.05, 0) is 30.9 Å². The van der Waals surface area contributed by atoms with Crippen LogP contribution >= 0.6 is 11.8 Å². The summed E-state index contributed by atoms with van der Waals surface area (Å²) in [7, 11) is 0. The van der Waals surface area contributed by atoms with E-state index in [0.29, 0.717) is 11.7 Å². The number of carboxylic acid groups (broad SMARTS) is 1. The Bertz CT molecular complexity index is 615. The van der Waals surface area contributed by atoms with Crippen LogP contribution < -0.4 is 0 Å². The quantitative estimate of drug-likeness (QED) is 0.846. The van der Waals surface area contributed by atoms with Crippen molar-refractivity contribution in [2.24, 2.45) is 5.92 Å². The molecule has 0 aromatic heterocycles. The molecule has 1 saturated heterocycles. The van der Waals surface area contributed by atoms with Gasteiger partial charge >= 0.3 is 11.9 Å². The van der Waals surface area contributed by atoms with E-state index in [9.17, 15) is 14.7 Å². The summed E-state index contributed by atoms with van der Waals surface area (Å²) in [5.74, 6) is 4.98. The Morgan fingerprint density at radius 3 is 2.57 bits per heavy atom. The number of carboxylic acids is 1. The van der Waals surface area contributed by atoms with E-state index < -0.39 is 12.0 Å². The Labute approximate surface area is 127 Å². The summed E-state index contributed by atoms with van der Waals surface area (Å²) in [4.78, 5) is 25.1. The molecule has 21 heavy (non-hydrogen) atoms. The van der Waals surface area contributed by atoms with Crippen molar-refractivity contribution in [3.63, 3.8) is 0 Å². The van der Waals surface area contributed by atoms with Crippen molar-refractivity contribution in [2.75, 3.05) is 5.75 Å². The van der Waals surface area contributed by atoms with Crippen molar-refractivity contribution in [1.82, 2.24) is 4.90 Å². The zero-order valence-corrected chi connectivity index (χ0v) is 12.2. The van der Waals surface area contributed by atoms with Crippen LogP contribution in [0.5, 0.6) is 0 Å². The highest BCUT2D eigenvalue weighted by Crippen LogP contribution is 2.45. The van der Waals surface area contributed by atoms with Gasteiger partial charge in [0, 0.05) is 17.2 Å². The summed E-state index contributed by atoms with van der Waals surface area (Å²) >= 11 is 1.56. The standard InChI is InChI=1S/C16H15NO3S/c18-14(9-6-11-4-2-1-3-5-11)17-13(16(19)20)10-21-15(17)12-7-8-12/h1-5,12-13,15H,7-8,10H2,(H,19,20). The Balaban J connectivity index is 1.80. The van der Waals surface area contributed by atoms with Gasteiger partial charge in [0.15, 0.2) is 0 Å². The molecule has 1 aromatic rings. The number of amides is 1. The van der Waals surface area contributed by atoms with Gasteiger partial charge in [0.1, 0.15) is 6.04 Å². The molecule has 1 N–H and O–H groups in total. The third-order valence-corrected chi connectivity index (χ3v) is 5.13. The molecule has 1 aromatic carbocycles. The molecule has 2 aliphatic rings. The second-order valence-electron chi connectivity index (χ2n) is 5.24. The molecule has 1 heterocycles. The molecule has 2 unspecified atom stereocenters. The molecule has 1 aliphatic heterocycles. The van der Waals surface area contributed by atoms with Crippen LogP contribution in [0.3, 0.4) is 0 Å². The molecule has 108 valence electrons. The summed E-state index contributed by atoms with van der Waals surface area (Å²) in [6.45, 7) is 0. The fourth-order valence-corrected chi connectivity index (χ4v) is 4.06. The lowest BCUT2D eigenvalue weighted by Crippen LogP contribution is -2.45. The monoisotopic (exact) mass is 301 g/mol. The maximum atomic E-state index is 12.4. The summed E-state index contributed by atoms with van der Waals surface area (Å²) in [5.41, 5.74) is 0.757. The summed E-state index contributed by atoms with van der Waals surface area (Å²) in [5, 5.41) is 9.26. The first-order valence-electron chi connectivity index (χ1n) is 6.90. The van der Waals surface area contributed by atoms with Crippen LogP contribution in [0.2, 0.25) is 0 Å². The van der Waals surface area contributed by atoms with Crippen LogP contribution in [-0.2, 0) is 9.59 Å². The highest BCUT2D eigenvalue weighted by atomic mass is 32.2. The van der Waals surface area contributed by atoms with Crippen LogP contribution in [0.4, 0.5) is 0 Å². The lowest BCUT2D eigenvalue weighted by atomic mass is 10.2. The highest BCUT2D eigenvalue weighted by molar-refractivity contribution is 8.00. The number of nitrogens with zero attached hydrogens (tertiary/aromatic N) is 1. The minimum Gasteiger partial charge on any atom is -0.480 e. The van der Waals surface area contributed by atoms with E-state index in [1.54, 1.807) is 11.8 Å². The van der Waals surface area contributed by atoms with Crippen molar-refractivity contribution < 1.29 is 14.7 Å². The molecule has 1 amide bonds. The second-order valence-corrected chi connectivity index (χ2v) is 6.39. The Morgan fingerprint density at radius 2 is 1.95 bits per heavy atom. The summed E-state index contributed by atoms with van der Waals surface area (Å²) < 4.78 is 0. The molecular formula is C16H15NO3S. The van der Waals surface area contributed by atoms with Crippen molar-refractivity contribution in [1.29, 1.82) is 0 Å². The maximum Gasteiger partial charge on any atom is 0.327 e. The van der Waals surface area contributed by atoms with E-state index in [2.05, 4.69) is 11.8 Å². The predicted molar refractivity (Wildman–Crippen MR) is 80.6 cm³/mol. The van der Waals surface area contributed by atoms with Gasteiger partial charge in [0.25, 0.3) is 0 Å². The van der Waals surface area contributed by atoms with Gasteiger partial charge in [-0.15, -0.1) is 11.8 Å². The Morgan fingerprint density at radius 1 is 1.24 bits per heavy atom. The number of rotatable bonds is 2. The maximum absolute atomic E-state index is 12.4. The average Bonchev–Trinajstić information content (AvgIpc) is 3.24. The normalized spacial score (nSPS) is 24.3. The van der Waals surface area contributed by atoms with Gasteiger partial charge < -0.3 is 10.0 Å². The largest absolute Gasteiger partial charge is 0.480 e. The fraction of sp³-hybridized carbons (Fsp3) is 0.375. The van der Waals surface area contributed by atoms with Crippen LogP contribution in [0.15, 0.2) is 30.3 Å². The molecule has 0 spiro atoms. The second kappa shape index (κ2) is 5.82. The van der Waals surface area contributed by atoms with Crippen LogP contribution in [-0.4, -0.2) is 39.1 Å². The van der Waals surface area contributed by atoms with Gasteiger partial charge in [-0.2, -0.15) is 0 Å². The highest BCUT2D eigenvalue weighted by Gasteiger charge is 2.47. The first-order valence-corrected chi connectivity index (χ1v) is 7.95. The van der Waals surface area contributed by atoms with Gasteiger partial charge in [0.05, 0.1) is 5.37 Å². The number of hydrogen-bond acceptors (Lipinski definition) is 3. The van der Waals surface area contributed by atoms with E-state index >= 15 is 0 Å². The molecule has 0 radical (unpaired) electrons. The van der Waals surface area contributed by atoms with Crippen molar-refractivity contribution >= 4 is 23.6 Å². The van der Waals surface area contributed by atoms with Gasteiger partial charge in [-0.25, -0.2) is 4.79 Å². The molecule has 2 atom stereocenters. The van der Waals surface area contributed by atoms with Gasteiger partial charge in [-0.3, -0.25) is 4.79 Å². The van der Waals surface area contributed by atoms with Gasteiger partial charge in [-0.1, -0.05) is 24.1 Å². The van der Waals surface area contributed by atoms with E-state index in [4.69, 9.17) is 0 Å². The third-order valence-electron chi connectivity index (χ3n) is 3.67. The molecular weight excluding hydrogens is 286 g/mol. The predicted octanol–water partition coefficient (Wildman–Crippen LogP) is 1.80. The van der Waals surface area contributed by atoms with Crippen molar-refractivity contribution in [3.05, 3.63) is 35.9 Å². The third kappa shape index (κ3) is 3.06. The molecule has 5 heteroatoms.